The maximum atomic E-state index is 14.7. The van der Waals surface area contributed by atoms with Gasteiger partial charge in [0.15, 0.2) is 0 Å². The van der Waals surface area contributed by atoms with Gasteiger partial charge in [0, 0.05) is 68.7 Å². The van der Waals surface area contributed by atoms with Crippen molar-refractivity contribution in [1.82, 2.24) is 19.6 Å². The first-order valence-corrected chi connectivity index (χ1v) is 27.7. The molecule has 11 rings (SSSR count). The molecule has 2 aliphatic carbocycles. The van der Waals surface area contributed by atoms with Gasteiger partial charge in [0.1, 0.15) is 23.1 Å². The Labute approximate surface area is 422 Å². The molecule has 1 spiro atoms. The maximum Gasteiger partial charge on any atom is 0.293 e. The third kappa shape index (κ3) is 9.41. The summed E-state index contributed by atoms with van der Waals surface area (Å²) in [7, 11) is -4.61. The average molecular weight is 1000 g/mol. The van der Waals surface area contributed by atoms with Gasteiger partial charge in [-0.25, -0.2) is 13.1 Å². The molecule has 4 aliphatic heterocycles. The number of hydrogen-bond acceptors (Lipinski definition) is 13. The van der Waals surface area contributed by atoms with Crippen LogP contribution in [0.4, 0.5) is 28.4 Å². The van der Waals surface area contributed by atoms with Crippen molar-refractivity contribution in [3.8, 4) is 5.88 Å². The largest absolute Gasteiger partial charge is 0.468 e. The van der Waals surface area contributed by atoms with Crippen LogP contribution in [0.5, 0.6) is 5.88 Å². The number of carbonyl (C=O) groups is 1. The molecule has 1 amide bonds. The lowest BCUT2D eigenvalue weighted by Crippen LogP contribution is -2.64. The van der Waals surface area contributed by atoms with Crippen molar-refractivity contribution in [3.05, 3.63) is 106 Å². The van der Waals surface area contributed by atoms with Crippen LogP contribution in [0.15, 0.2) is 83.9 Å². The number of pyridine rings is 1. The van der Waals surface area contributed by atoms with E-state index in [4.69, 9.17) is 14.5 Å². The first kappa shape index (κ1) is 48.5. The fourth-order valence-electron chi connectivity index (χ4n) is 12.9. The van der Waals surface area contributed by atoms with Crippen molar-refractivity contribution in [1.29, 1.82) is 0 Å². The number of likely N-dealkylation sites (tertiary alicyclic amines) is 1. The number of ether oxygens (including phenoxy) is 2. The van der Waals surface area contributed by atoms with Gasteiger partial charge in [0.25, 0.3) is 21.6 Å². The smallest absolute Gasteiger partial charge is 0.293 e. The zero-order valence-corrected chi connectivity index (χ0v) is 42.5. The Morgan fingerprint density at radius 3 is 2.50 bits per heavy atom. The molecule has 0 radical (unpaired) electrons. The number of hydrogen-bond donors (Lipinski definition) is 4. The second-order valence-electron chi connectivity index (χ2n) is 22.2. The van der Waals surface area contributed by atoms with Crippen LogP contribution in [0.25, 0.3) is 11.0 Å². The van der Waals surface area contributed by atoms with Crippen molar-refractivity contribution in [2.45, 2.75) is 132 Å². The fraction of sp³-hybridized carbons (Fsp3) is 0.527. The van der Waals surface area contributed by atoms with E-state index in [-0.39, 0.29) is 28.6 Å². The summed E-state index contributed by atoms with van der Waals surface area (Å²) >= 11 is 0. The Balaban J connectivity index is 0.864. The highest BCUT2D eigenvalue weighted by molar-refractivity contribution is 7.90. The van der Waals surface area contributed by atoms with Gasteiger partial charge in [-0.1, -0.05) is 51.0 Å². The molecule has 5 fully saturated rings. The molecule has 3 aromatic carbocycles. The summed E-state index contributed by atoms with van der Waals surface area (Å²) in [6.07, 6.45) is 11.9. The highest BCUT2D eigenvalue weighted by atomic mass is 32.2. The Bertz CT molecular complexity index is 2950. The fourth-order valence-corrected chi connectivity index (χ4v) is 13.9. The van der Waals surface area contributed by atoms with Crippen molar-refractivity contribution in [2.24, 2.45) is 11.3 Å². The molecule has 72 heavy (non-hydrogen) atoms. The molecule has 4 atom stereocenters. The topological polar surface area (TPSA) is 196 Å². The van der Waals surface area contributed by atoms with Crippen molar-refractivity contribution in [3.63, 3.8) is 0 Å². The second kappa shape index (κ2) is 19.3. The molecular weight excluding hydrogens is 933 g/mol. The molecular formula is C55H68N8O8S. The summed E-state index contributed by atoms with van der Waals surface area (Å²) in [4.78, 5) is 41.4. The van der Waals surface area contributed by atoms with Gasteiger partial charge in [0.2, 0.25) is 5.88 Å². The summed E-state index contributed by atoms with van der Waals surface area (Å²) in [6, 6.07) is 22.6. The van der Waals surface area contributed by atoms with E-state index >= 15 is 0 Å². The van der Waals surface area contributed by atoms with Crippen molar-refractivity contribution in [2.75, 3.05) is 61.1 Å². The molecule has 4 N–H and O–H groups in total. The monoisotopic (exact) mass is 1000 g/mol. The first-order chi connectivity index (χ1) is 34.6. The lowest BCUT2D eigenvalue weighted by molar-refractivity contribution is -0.384. The van der Waals surface area contributed by atoms with Gasteiger partial charge in [-0.15, -0.1) is 0 Å². The number of aliphatic hydroxyl groups is 1. The molecule has 16 nitrogen and oxygen atoms in total. The SMILES string of the molecule is CC(C)c1ccccc1[C@@H]1CCCC[C@H]1N1CC2(CCN(c3ccc(C(=O)NS(=O)(=O)c4ccc(NCC5CCC(C)(O)CC5)c([N+](=O)[O-])c4)c(N4c5cc6cc[nH]c6nc5O[C@H]5COCC[C@@H]54)c3)CC2)C1. The third-order valence-corrected chi connectivity index (χ3v) is 18.4. The summed E-state index contributed by atoms with van der Waals surface area (Å²) in [5, 5.41) is 26.8. The van der Waals surface area contributed by atoms with Crippen molar-refractivity contribution >= 4 is 55.4 Å². The zero-order chi connectivity index (χ0) is 49.9. The molecule has 2 aromatic heterocycles. The minimum atomic E-state index is -4.61. The molecule has 6 aliphatic rings. The molecule has 17 heteroatoms. The number of aromatic amines is 1. The summed E-state index contributed by atoms with van der Waals surface area (Å²) in [5.41, 5.74) is 5.19. The molecule has 0 bridgehead atoms. The highest BCUT2D eigenvalue weighted by Crippen LogP contribution is 2.50. The molecule has 0 unspecified atom stereocenters. The van der Waals surface area contributed by atoms with Gasteiger partial charge < -0.3 is 34.7 Å². The molecule has 382 valence electrons. The van der Waals surface area contributed by atoms with Crippen LogP contribution in [-0.2, 0) is 14.8 Å². The number of nitrogens with one attached hydrogen (secondary N) is 3. The number of aromatic nitrogens is 2. The van der Waals surface area contributed by atoms with Crippen LogP contribution in [0.2, 0.25) is 0 Å². The molecule has 5 aromatic rings. The number of H-pyrrole nitrogens is 1. The van der Waals surface area contributed by atoms with E-state index in [2.05, 4.69) is 67.8 Å². The number of carbonyl (C=O) groups excluding carboxylic acids is 1. The summed E-state index contributed by atoms with van der Waals surface area (Å²) in [6.45, 7) is 11.5. The predicted octanol–water partition coefficient (Wildman–Crippen LogP) is 9.38. The van der Waals surface area contributed by atoms with Gasteiger partial charge in [0.05, 0.1) is 39.3 Å². The van der Waals surface area contributed by atoms with Crippen LogP contribution in [0.1, 0.15) is 125 Å². The number of amides is 1. The Hall–Kier alpha value is -5.75. The molecule has 2 saturated carbocycles. The number of nitro benzene ring substituents is 1. The second-order valence-corrected chi connectivity index (χ2v) is 23.9. The lowest BCUT2D eigenvalue weighted by atomic mass is 9.68. The van der Waals surface area contributed by atoms with Crippen LogP contribution >= 0.6 is 0 Å². The number of sulfonamides is 1. The molecule has 6 heterocycles. The number of piperidine rings is 1. The molecule has 3 saturated heterocycles. The highest BCUT2D eigenvalue weighted by Gasteiger charge is 2.49. The number of fused-ring (bicyclic) bond motifs is 3. The van der Waals surface area contributed by atoms with Crippen LogP contribution in [0, 0.1) is 21.4 Å². The Morgan fingerprint density at radius 1 is 0.944 bits per heavy atom. The van der Waals surface area contributed by atoms with Crippen LogP contribution in [0.3, 0.4) is 0 Å². The number of anilines is 4. The minimum Gasteiger partial charge on any atom is -0.468 e. The predicted molar refractivity (Wildman–Crippen MR) is 278 cm³/mol. The van der Waals surface area contributed by atoms with Gasteiger partial charge in [-0.2, -0.15) is 4.98 Å². The minimum absolute atomic E-state index is 0.123. The standard InChI is InChI=1S/C55H68N8O8S/c1-35(2)40-8-4-5-9-41(40)42-10-6-7-11-45(42)61-33-55(34-61)22-25-60(26-23-55)38-12-14-43(47(29-38)62-46-19-27-70-32-50(46)71-53-49(62)28-37-18-24-56-51(37)58-53)52(64)59-72(68,69)39-13-15-44(48(30-39)63(66)67)57-31-36-16-20-54(3,65)21-17-36/h4-5,8-9,12-15,18,24,28-30,35-36,42,45-46,50,57,65H,6-7,10-11,16-17,19-23,25-27,31-34H2,1-3H3,(H,56,58)(H,59,64)/t36?,42-,45+,46-,50-,54?/m0/s1. The first-order valence-electron chi connectivity index (χ1n) is 26.2. The Kier molecular flexibility index (Phi) is 13.0. The van der Waals surface area contributed by atoms with E-state index in [0.717, 1.165) is 69.0 Å². The maximum absolute atomic E-state index is 14.7. The van der Waals surface area contributed by atoms with Gasteiger partial charge in [-0.3, -0.25) is 19.8 Å². The summed E-state index contributed by atoms with van der Waals surface area (Å²) < 4.78 is 43.1. The zero-order valence-electron chi connectivity index (χ0n) is 41.6. The lowest BCUT2D eigenvalue weighted by Gasteiger charge is -2.58. The van der Waals surface area contributed by atoms with E-state index in [1.165, 1.54) is 48.9 Å². The van der Waals surface area contributed by atoms with E-state index in [0.29, 0.717) is 79.8 Å². The van der Waals surface area contributed by atoms with E-state index in [9.17, 15) is 28.4 Å². The number of nitrogens with zero attached hydrogens (tertiary/aromatic N) is 5. The van der Waals surface area contributed by atoms with E-state index in [1.54, 1.807) is 6.07 Å². The number of nitro groups is 1. The Morgan fingerprint density at radius 2 is 1.72 bits per heavy atom. The van der Waals surface area contributed by atoms with E-state index in [1.807, 2.05) is 37.4 Å². The third-order valence-electron chi connectivity index (χ3n) is 17.0. The number of benzene rings is 3. The summed E-state index contributed by atoms with van der Waals surface area (Å²) in [5.74, 6) is 0.755. The van der Waals surface area contributed by atoms with Gasteiger partial charge >= 0.3 is 0 Å². The van der Waals surface area contributed by atoms with Gasteiger partial charge in [-0.05, 0) is 141 Å². The van der Waals surface area contributed by atoms with Crippen LogP contribution in [-0.4, -0.2) is 109 Å². The quantitative estimate of drug-likeness (QED) is 0.0683. The van der Waals surface area contributed by atoms with Crippen molar-refractivity contribution < 1.29 is 32.7 Å². The van der Waals surface area contributed by atoms with Crippen LogP contribution < -0.4 is 24.6 Å². The normalized spacial score (nSPS) is 26.4. The number of rotatable bonds is 12. The van der Waals surface area contributed by atoms with E-state index < -0.39 is 43.1 Å². The average Bonchev–Trinajstić information content (AvgIpc) is 3.83.